The van der Waals surface area contributed by atoms with Crippen LogP contribution in [0.3, 0.4) is 0 Å². The van der Waals surface area contributed by atoms with Crippen molar-refractivity contribution in [3.05, 3.63) is 0 Å². The van der Waals surface area contributed by atoms with E-state index in [1.54, 1.807) is 0 Å². The Morgan fingerprint density at radius 1 is 1.08 bits per heavy atom. The van der Waals surface area contributed by atoms with Crippen LogP contribution in [-0.4, -0.2) is 17.7 Å². The summed E-state index contributed by atoms with van der Waals surface area (Å²) in [6.45, 7) is 11.3. The standard InChI is InChI=1S/C11H25NO/c1-6-7-11(4,5)13-9-8-10(2,3)12/h6-9,12H2,1-5H3. The van der Waals surface area contributed by atoms with E-state index in [4.69, 9.17) is 10.5 Å². The summed E-state index contributed by atoms with van der Waals surface area (Å²) in [5, 5.41) is 0. The van der Waals surface area contributed by atoms with E-state index < -0.39 is 0 Å². The van der Waals surface area contributed by atoms with E-state index in [2.05, 4.69) is 20.8 Å². The quantitative estimate of drug-likeness (QED) is 0.694. The molecule has 0 aromatic rings. The van der Waals surface area contributed by atoms with Crippen LogP contribution >= 0.6 is 0 Å². The SMILES string of the molecule is CCCC(C)(C)OCCC(C)(C)N. The Morgan fingerprint density at radius 2 is 1.62 bits per heavy atom. The average Bonchev–Trinajstić information content (AvgIpc) is 1.82. The molecule has 0 spiro atoms. The Labute approximate surface area is 82.8 Å². The topological polar surface area (TPSA) is 35.2 Å². The smallest absolute Gasteiger partial charge is 0.0626 e. The van der Waals surface area contributed by atoms with Gasteiger partial charge in [-0.15, -0.1) is 0 Å². The van der Waals surface area contributed by atoms with E-state index in [1.165, 1.54) is 6.42 Å². The summed E-state index contributed by atoms with van der Waals surface area (Å²) in [5.74, 6) is 0. The second kappa shape index (κ2) is 4.97. The van der Waals surface area contributed by atoms with Gasteiger partial charge in [0, 0.05) is 12.1 Å². The van der Waals surface area contributed by atoms with Crippen molar-refractivity contribution >= 4 is 0 Å². The van der Waals surface area contributed by atoms with E-state index in [0.717, 1.165) is 19.4 Å². The predicted molar refractivity (Wildman–Crippen MR) is 57.8 cm³/mol. The number of nitrogens with two attached hydrogens (primary N) is 1. The van der Waals surface area contributed by atoms with Crippen molar-refractivity contribution < 1.29 is 4.74 Å². The Balaban J connectivity index is 3.63. The van der Waals surface area contributed by atoms with Gasteiger partial charge in [0.05, 0.1) is 5.60 Å². The Morgan fingerprint density at radius 3 is 2.00 bits per heavy atom. The zero-order valence-electron chi connectivity index (χ0n) is 9.81. The lowest BCUT2D eigenvalue weighted by atomic mass is 10.0. The zero-order chi connectivity index (χ0) is 10.5. The molecular formula is C11H25NO. The van der Waals surface area contributed by atoms with Crippen LogP contribution in [0.25, 0.3) is 0 Å². The molecule has 0 radical (unpaired) electrons. The van der Waals surface area contributed by atoms with Gasteiger partial charge in [0.1, 0.15) is 0 Å². The molecule has 0 fully saturated rings. The van der Waals surface area contributed by atoms with Crippen LogP contribution < -0.4 is 5.73 Å². The average molecular weight is 187 g/mol. The highest BCUT2D eigenvalue weighted by molar-refractivity contribution is 4.73. The van der Waals surface area contributed by atoms with E-state index in [9.17, 15) is 0 Å². The van der Waals surface area contributed by atoms with Gasteiger partial charge in [-0.25, -0.2) is 0 Å². The molecule has 0 bridgehead atoms. The molecular weight excluding hydrogens is 162 g/mol. The first kappa shape index (κ1) is 12.9. The van der Waals surface area contributed by atoms with Crippen LogP contribution in [0.5, 0.6) is 0 Å². The monoisotopic (exact) mass is 187 g/mol. The van der Waals surface area contributed by atoms with Gasteiger partial charge in [-0.3, -0.25) is 0 Å². The number of ether oxygens (including phenoxy) is 1. The molecule has 0 atom stereocenters. The van der Waals surface area contributed by atoms with Crippen LogP contribution in [-0.2, 0) is 4.74 Å². The molecule has 0 aliphatic rings. The summed E-state index contributed by atoms with van der Waals surface area (Å²) >= 11 is 0. The maximum atomic E-state index is 5.86. The fourth-order valence-corrected chi connectivity index (χ4v) is 1.26. The van der Waals surface area contributed by atoms with Gasteiger partial charge in [0.25, 0.3) is 0 Å². The van der Waals surface area contributed by atoms with E-state index in [1.807, 2.05) is 13.8 Å². The van der Waals surface area contributed by atoms with Crippen LogP contribution in [0.1, 0.15) is 53.9 Å². The molecule has 0 aromatic carbocycles. The van der Waals surface area contributed by atoms with Crippen molar-refractivity contribution in [3.63, 3.8) is 0 Å². The van der Waals surface area contributed by atoms with Crippen molar-refractivity contribution in [3.8, 4) is 0 Å². The summed E-state index contributed by atoms with van der Waals surface area (Å²) in [4.78, 5) is 0. The van der Waals surface area contributed by atoms with Crippen LogP contribution in [0.15, 0.2) is 0 Å². The minimum absolute atomic E-state index is 0.0139. The van der Waals surface area contributed by atoms with Crippen molar-refractivity contribution in [2.45, 2.75) is 65.0 Å². The van der Waals surface area contributed by atoms with Crippen molar-refractivity contribution in [2.75, 3.05) is 6.61 Å². The summed E-state index contributed by atoms with van der Waals surface area (Å²) in [5.41, 5.74) is 5.76. The van der Waals surface area contributed by atoms with Crippen molar-refractivity contribution in [2.24, 2.45) is 5.73 Å². The molecule has 2 N–H and O–H groups in total. The summed E-state index contributed by atoms with van der Waals surface area (Å²) in [7, 11) is 0. The molecule has 0 saturated heterocycles. The van der Waals surface area contributed by atoms with Gasteiger partial charge in [-0.1, -0.05) is 13.3 Å². The molecule has 80 valence electrons. The third-order valence-electron chi connectivity index (χ3n) is 2.09. The second-order valence-corrected chi connectivity index (χ2v) is 5.10. The van der Waals surface area contributed by atoms with Crippen LogP contribution in [0.4, 0.5) is 0 Å². The molecule has 0 aliphatic heterocycles. The van der Waals surface area contributed by atoms with Gasteiger partial charge in [-0.2, -0.15) is 0 Å². The second-order valence-electron chi connectivity index (χ2n) is 5.10. The van der Waals surface area contributed by atoms with Crippen molar-refractivity contribution in [1.82, 2.24) is 0 Å². The molecule has 0 saturated carbocycles. The summed E-state index contributed by atoms with van der Waals surface area (Å²) < 4.78 is 5.77. The van der Waals surface area contributed by atoms with Gasteiger partial charge >= 0.3 is 0 Å². The van der Waals surface area contributed by atoms with E-state index >= 15 is 0 Å². The molecule has 13 heavy (non-hydrogen) atoms. The number of rotatable bonds is 6. The highest BCUT2D eigenvalue weighted by Gasteiger charge is 2.18. The number of hydrogen-bond donors (Lipinski definition) is 1. The fourth-order valence-electron chi connectivity index (χ4n) is 1.26. The van der Waals surface area contributed by atoms with Crippen LogP contribution in [0, 0.1) is 0 Å². The largest absolute Gasteiger partial charge is 0.376 e. The lowest BCUT2D eigenvalue weighted by Gasteiger charge is -2.27. The Hall–Kier alpha value is -0.0800. The highest BCUT2D eigenvalue weighted by atomic mass is 16.5. The first-order valence-electron chi connectivity index (χ1n) is 5.20. The van der Waals surface area contributed by atoms with Gasteiger partial charge in [0.15, 0.2) is 0 Å². The van der Waals surface area contributed by atoms with Gasteiger partial charge in [-0.05, 0) is 40.5 Å². The van der Waals surface area contributed by atoms with Gasteiger partial charge < -0.3 is 10.5 Å². The molecule has 0 unspecified atom stereocenters. The predicted octanol–water partition coefficient (Wildman–Crippen LogP) is 2.71. The fraction of sp³-hybridized carbons (Fsp3) is 1.00. The minimum atomic E-state index is -0.109. The zero-order valence-corrected chi connectivity index (χ0v) is 9.81. The third kappa shape index (κ3) is 8.26. The number of hydrogen-bond acceptors (Lipinski definition) is 2. The van der Waals surface area contributed by atoms with Gasteiger partial charge in [0.2, 0.25) is 0 Å². The lowest BCUT2D eigenvalue weighted by molar-refractivity contribution is -0.0294. The summed E-state index contributed by atoms with van der Waals surface area (Å²) in [6, 6.07) is 0. The van der Waals surface area contributed by atoms with Crippen LogP contribution in [0.2, 0.25) is 0 Å². The normalized spacial score (nSPS) is 13.4. The first-order valence-corrected chi connectivity index (χ1v) is 5.20. The molecule has 0 aliphatic carbocycles. The molecule has 0 amide bonds. The summed E-state index contributed by atoms with van der Waals surface area (Å²) in [6.07, 6.45) is 3.19. The van der Waals surface area contributed by atoms with Crippen molar-refractivity contribution in [1.29, 1.82) is 0 Å². The molecule has 2 nitrogen and oxygen atoms in total. The highest BCUT2D eigenvalue weighted by Crippen LogP contribution is 2.17. The van der Waals surface area contributed by atoms with E-state index in [-0.39, 0.29) is 11.1 Å². The maximum Gasteiger partial charge on any atom is 0.0626 e. The molecule has 0 heterocycles. The third-order valence-corrected chi connectivity index (χ3v) is 2.09. The molecule has 0 aromatic heterocycles. The maximum absolute atomic E-state index is 5.86. The molecule has 0 rings (SSSR count). The lowest BCUT2D eigenvalue weighted by Crippen LogP contribution is -2.35. The Bertz CT molecular complexity index is 136. The van der Waals surface area contributed by atoms with E-state index in [0.29, 0.717) is 0 Å². The molecule has 2 heteroatoms. The first-order chi connectivity index (χ1) is 5.77. The minimum Gasteiger partial charge on any atom is -0.376 e. The Kier molecular flexibility index (Phi) is 4.93.